The Balaban J connectivity index is 1.44. The number of piperidine rings is 1. The van der Waals surface area contributed by atoms with Crippen molar-refractivity contribution < 1.29 is 17.9 Å². The Bertz CT molecular complexity index is 1340. The van der Waals surface area contributed by atoms with Gasteiger partial charge in [0.05, 0.1) is 10.3 Å². The molecular formula is C26H32N4O4S. The number of anilines is 1. The fourth-order valence-corrected chi connectivity index (χ4v) is 6.43. The van der Waals surface area contributed by atoms with Crippen LogP contribution in [-0.4, -0.2) is 51.1 Å². The van der Waals surface area contributed by atoms with Crippen molar-refractivity contribution in [1.29, 1.82) is 0 Å². The zero-order valence-corrected chi connectivity index (χ0v) is 21.0. The topological polar surface area (TPSA) is 104 Å². The average Bonchev–Trinajstić information content (AvgIpc) is 3.54. The molecule has 0 radical (unpaired) electrons. The summed E-state index contributed by atoms with van der Waals surface area (Å²) in [6, 6.07) is 8.77. The third-order valence-electron chi connectivity index (χ3n) is 7.42. The molecule has 1 aliphatic carbocycles. The molecule has 3 aromatic rings. The highest BCUT2D eigenvalue weighted by atomic mass is 32.2. The molecular weight excluding hydrogens is 464 g/mol. The molecule has 35 heavy (non-hydrogen) atoms. The Kier molecular flexibility index (Phi) is 6.31. The molecule has 0 bridgehead atoms. The monoisotopic (exact) mass is 496 g/mol. The van der Waals surface area contributed by atoms with E-state index in [0.29, 0.717) is 29.7 Å². The number of hydrogen-bond donors (Lipinski definition) is 2. The number of rotatable bonds is 8. The van der Waals surface area contributed by atoms with Gasteiger partial charge in [-0.15, -0.1) is 0 Å². The van der Waals surface area contributed by atoms with Gasteiger partial charge in [0.15, 0.2) is 0 Å². The predicted molar refractivity (Wildman–Crippen MR) is 135 cm³/mol. The van der Waals surface area contributed by atoms with Crippen LogP contribution in [0.1, 0.15) is 43.7 Å². The van der Waals surface area contributed by atoms with Gasteiger partial charge in [0.1, 0.15) is 5.82 Å². The Morgan fingerprint density at radius 3 is 2.71 bits per heavy atom. The zero-order chi connectivity index (χ0) is 24.6. The lowest BCUT2D eigenvalue weighted by atomic mass is 9.92. The number of hydrogen-bond acceptors (Lipinski definition) is 6. The fourth-order valence-electron chi connectivity index (χ4n) is 5.15. The smallest absolute Gasteiger partial charge is 0.264 e. The van der Waals surface area contributed by atoms with Crippen LogP contribution in [0, 0.1) is 5.92 Å². The van der Waals surface area contributed by atoms with E-state index < -0.39 is 21.3 Å². The van der Waals surface area contributed by atoms with Crippen LogP contribution in [-0.2, 0) is 31.4 Å². The molecule has 8 nitrogen and oxygen atoms in total. The summed E-state index contributed by atoms with van der Waals surface area (Å²) in [4.78, 5) is 23.7. The van der Waals surface area contributed by atoms with Crippen LogP contribution < -0.4 is 9.62 Å². The van der Waals surface area contributed by atoms with Gasteiger partial charge in [0.25, 0.3) is 10.0 Å². The van der Waals surface area contributed by atoms with E-state index in [9.17, 15) is 13.2 Å². The summed E-state index contributed by atoms with van der Waals surface area (Å²) in [6.07, 6.45) is 7.56. The van der Waals surface area contributed by atoms with E-state index >= 15 is 0 Å². The summed E-state index contributed by atoms with van der Waals surface area (Å²) in [5.41, 5.74) is 1.71. The van der Waals surface area contributed by atoms with E-state index in [0.717, 1.165) is 55.9 Å². The number of H-pyrrole nitrogens is 1. The van der Waals surface area contributed by atoms with Crippen molar-refractivity contribution in [3.8, 4) is 0 Å². The molecule has 5 rings (SSSR count). The van der Waals surface area contributed by atoms with E-state index in [4.69, 9.17) is 9.72 Å². The number of ether oxygens (including phenoxy) is 1. The number of fused-ring (bicyclic) bond motifs is 1. The van der Waals surface area contributed by atoms with Crippen LogP contribution in [0.4, 0.5) is 5.82 Å². The number of carbonyl (C=O) groups excluding carboxylic acids is 1. The number of aryl methyl sites for hydroxylation is 1. The van der Waals surface area contributed by atoms with Gasteiger partial charge in [-0.3, -0.25) is 4.79 Å². The summed E-state index contributed by atoms with van der Waals surface area (Å²) in [6.45, 7) is 4.48. The number of amides is 1. The number of nitrogens with one attached hydrogen (secondary N) is 2. The number of carbonyl (C=O) groups is 1. The van der Waals surface area contributed by atoms with Crippen molar-refractivity contribution in [2.45, 2.75) is 49.3 Å². The molecule has 1 saturated carbocycles. The Morgan fingerprint density at radius 2 is 2.03 bits per heavy atom. The molecule has 3 heterocycles. The highest BCUT2D eigenvalue weighted by Crippen LogP contribution is 2.52. The van der Waals surface area contributed by atoms with E-state index in [2.05, 4.69) is 27.6 Å². The number of methoxy groups -OCH3 is 1. The molecule has 0 spiro atoms. The third kappa shape index (κ3) is 4.43. The third-order valence-corrected chi connectivity index (χ3v) is 8.81. The van der Waals surface area contributed by atoms with Crippen LogP contribution in [0.5, 0.6) is 0 Å². The highest BCUT2D eigenvalue weighted by Gasteiger charge is 2.54. The highest BCUT2D eigenvalue weighted by molar-refractivity contribution is 7.90. The van der Waals surface area contributed by atoms with Crippen molar-refractivity contribution in [2.75, 3.05) is 31.7 Å². The molecule has 2 fully saturated rings. The minimum absolute atomic E-state index is 0.0984. The Labute approximate surface area is 206 Å². The van der Waals surface area contributed by atoms with E-state index in [1.54, 1.807) is 25.4 Å². The summed E-state index contributed by atoms with van der Waals surface area (Å²) in [7, 11) is -2.31. The number of aromatic nitrogens is 2. The molecule has 0 atom stereocenters. The van der Waals surface area contributed by atoms with E-state index in [-0.39, 0.29) is 4.90 Å². The SMILES string of the molecule is CCc1cnc(N2CCC(COC)CC2)c(C2(C(=O)NS(=O)(=O)c3cccc4[nH]ccc34)CC2)c1. The molecule has 0 unspecified atom stereocenters. The average molecular weight is 497 g/mol. The van der Waals surface area contributed by atoms with Gasteiger partial charge in [0, 0.05) is 55.7 Å². The van der Waals surface area contributed by atoms with Crippen LogP contribution in [0.3, 0.4) is 0 Å². The normalized spacial score (nSPS) is 18.1. The van der Waals surface area contributed by atoms with Gasteiger partial charge in [-0.25, -0.2) is 18.1 Å². The van der Waals surface area contributed by atoms with Crippen LogP contribution in [0.25, 0.3) is 10.9 Å². The van der Waals surface area contributed by atoms with Crippen LogP contribution in [0.15, 0.2) is 47.6 Å². The molecule has 9 heteroatoms. The van der Waals surface area contributed by atoms with E-state index in [1.165, 1.54) is 6.07 Å². The van der Waals surface area contributed by atoms with E-state index in [1.807, 2.05) is 12.3 Å². The quantitative estimate of drug-likeness (QED) is 0.495. The van der Waals surface area contributed by atoms with Gasteiger partial charge >= 0.3 is 0 Å². The molecule has 1 aromatic carbocycles. The molecule has 1 aliphatic heterocycles. The van der Waals surface area contributed by atoms with Gasteiger partial charge in [0.2, 0.25) is 5.91 Å². The van der Waals surface area contributed by atoms with Crippen molar-refractivity contribution in [1.82, 2.24) is 14.7 Å². The number of pyridine rings is 1. The molecule has 2 N–H and O–H groups in total. The maximum Gasteiger partial charge on any atom is 0.264 e. The fraction of sp³-hybridized carbons (Fsp3) is 0.462. The largest absolute Gasteiger partial charge is 0.384 e. The lowest BCUT2D eigenvalue weighted by Gasteiger charge is -2.34. The molecule has 2 aromatic heterocycles. The summed E-state index contributed by atoms with van der Waals surface area (Å²) < 4.78 is 34.3. The first kappa shape index (κ1) is 23.8. The second-order valence-electron chi connectivity index (χ2n) is 9.67. The lowest BCUT2D eigenvalue weighted by molar-refractivity contribution is -0.121. The maximum absolute atomic E-state index is 13.6. The molecule has 2 aliphatic rings. The van der Waals surface area contributed by atoms with Crippen LogP contribution in [0.2, 0.25) is 0 Å². The van der Waals surface area contributed by atoms with Crippen molar-refractivity contribution in [3.63, 3.8) is 0 Å². The lowest BCUT2D eigenvalue weighted by Crippen LogP contribution is -2.41. The number of sulfonamides is 1. The minimum Gasteiger partial charge on any atom is -0.384 e. The first-order valence-electron chi connectivity index (χ1n) is 12.2. The first-order chi connectivity index (χ1) is 16.9. The number of nitrogens with zero attached hydrogens (tertiary/aromatic N) is 2. The number of aromatic amines is 1. The molecule has 1 saturated heterocycles. The van der Waals surface area contributed by atoms with Gasteiger partial charge in [-0.05, 0) is 67.9 Å². The zero-order valence-electron chi connectivity index (χ0n) is 20.2. The number of benzene rings is 1. The molecule has 1 amide bonds. The Hall–Kier alpha value is -2.91. The summed E-state index contributed by atoms with van der Waals surface area (Å²) in [5.74, 6) is 0.848. The standard InChI is InChI=1S/C26H32N4O4S/c1-3-18-15-21(24(28-16-18)30-13-8-19(9-14-30)17-34-2)26(10-11-26)25(31)29-35(32,33)23-6-4-5-22-20(23)7-12-27-22/h4-7,12,15-16,19,27H,3,8-11,13-14,17H2,1-2H3,(H,29,31). The first-order valence-corrected chi connectivity index (χ1v) is 13.7. The second-order valence-corrected chi connectivity index (χ2v) is 11.3. The maximum atomic E-state index is 13.6. The summed E-state index contributed by atoms with van der Waals surface area (Å²) in [5, 5.41) is 0.562. The summed E-state index contributed by atoms with van der Waals surface area (Å²) >= 11 is 0. The van der Waals surface area contributed by atoms with Crippen molar-refractivity contribution >= 4 is 32.7 Å². The molecule has 186 valence electrons. The Morgan fingerprint density at radius 1 is 1.26 bits per heavy atom. The van der Waals surface area contributed by atoms with Crippen molar-refractivity contribution in [3.05, 3.63) is 53.9 Å². The van der Waals surface area contributed by atoms with Gasteiger partial charge in [-0.2, -0.15) is 0 Å². The predicted octanol–water partition coefficient (Wildman–Crippen LogP) is 3.52. The minimum atomic E-state index is -4.04. The van der Waals surface area contributed by atoms with Gasteiger partial charge < -0.3 is 14.6 Å². The van der Waals surface area contributed by atoms with Crippen LogP contribution >= 0.6 is 0 Å². The van der Waals surface area contributed by atoms with Gasteiger partial charge in [-0.1, -0.05) is 13.0 Å². The second kappa shape index (κ2) is 9.28. The van der Waals surface area contributed by atoms with Crippen molar-refractivity contribution in [2.24, 2.45) is 5.92 Å².